The fourth-order valence-electron chi connectivity index (χ4n) is 2.46. The van der Waals surface area contributed by atoms with E-state index in [1.165, 1.54) is 6.92 Å². The van der Waals surface area contributed by atoms with Crippen LogP contribution in [0, 0.1) is 11.8 Å². The lowest BCUT2D eigenvalue weighted by Gasteiger charge is -2.22. The number of ether oxygens (including phenoxy) is 1. The van der Waals surface area contributed by atoms with Gasteiger partial charge in [0.1, 0.15) is 10.8 Å². The first-order valence-corrected chi connectivity index (χ1v) is 6.82. The summed E-state index contributed by atoms with van der Waals surface area (Å²) in [5.41, 5.74) is 0. The maximum atomic E-state index is 13.6. The average Bonchev–Trinajstić information content (AvgIpc) is 2.89. The number of hydrogen-bond donors (Lipinski definition) is 0. The normalized spacial score (nSPS) is 32.8. The number of carbonyl (C=O) groups is 1. The van der Waals surface area contributed by atoms with E-state index in [0.29, 0.717) is 6.42 Å². The van der Waals surface area contributed by atoms with Crippen LogP contribution in [0.5, 0.6) is 0 Å². The van der Waals surface area contributed by atoms with Crippen molar-refractivity contribution in [1.82, 2.24) is 0 Å². The van der Waals surface area contributed by atoms with E-state index in [9.17, 15) is 17.8 Å². The monoisotopic (exact) mass is 264 g/mol. The van der Waals surface area contributed by atoms with Crippen LogP contribution in [0.2, 0.25) is 0 Å². The van der Waals surface area contributed by atoms with Crippen molar-refractivity contribution in [1.29, 1.82) is 0 Å². The minimum atomic E-state index is -3.89. The van der Waals surface area contributed by atoms with Gasteiger partial charge in [0.2, 0.25) is 0 Å². The van der Waals surface area contributed by atoms with Gasteiger partial charge in [-0.25, -0.2) is 4.79 Å². The summed E-state index contributed by atoms with van der Waals surface area (Å²) in [5, 5.41) is -4.51. The molecule has 0 spiro atoms. The molecule has 0 aromatic carbocycles. The molecule has 0 aliphatic heterocycles. The summed E-state index contributed by atoms with van der Waals surface area (Å²) in [6.07, 6.45) is 5.05. The van der Waals surface area contributed by atoms with Gasteiger partial charge in [0.15, 0.2) is 0 Å². The van der Waals surface area contributed by atoms with Crippen LogP contribution in [-0.4, -0.2) is 27.3 Å². The Hall–Kier alpha value is -0.780. The second-order valence-electron chi connectivity index (χ2n) is 4.35. The van der Waals surface area contributed by atoms with Gasteiger partial charge in [0.25, 0.3) is 0 Å². The molecule has 0 aromatic heterocycles. The van der Waals surface area contributed by atoms with Gasteiger partial charge in [0.05, 0.1) is 6.61 Å². The Morgan fingerprint density at radius 2 is 2.18 bits per heavy atom. The van der Waals surface area contributed by atoms with Gasteiger partial charge < -0.3 is 4.74 Å². The molecule has 1 fully saturated rings. The molecule has 0 amide bonds. The summed E-state index contributed by atoms with van der Waals surface area (Å²) >= 11 is 0. The maximum absolute atomic E-state index is 13.6. The van der Waals surface area contributed by atoms with Gasteiger partial charge in [-0.05, 0) is 31.6 Å². The lowest BCUT2D eigenvalue weighted by molar-refractivity contribution is -0.160. The van der Waals surface area contributed by atoms with Gasteiger partial charge in [-0.1, -0.05) is 12.2 Å². The number of halogens is 2. The molecular formula is C11H14F2O3S. The first-order valence-electron chi connectivity index (χ1n) is 5.60. The number of alkyl halides is 2. The highest BCUT2D eigenvalue weighted by atomic mass is 32.2. The molecule has 0 heterocycles. The van der Waals surface area contributed by atoms with Crippen LogP contribution < -0.4 is 0 Å². The van der Waals surface area contributed by atoms with Gasteiger partial charge in [0, 0.05) is 5.25 Å². The Labute approximate surface area is 101 Å². The van der Waals surface area contributed by atoms with Crippen LogP contribution in [0.15, 0.2) is 12.2 Å². The highest BCUT2D eigenvalue weighted by Gasteiger charge is 2.54. The van der Waals surface area contributed by atoms with Crippen LogP contribution in [0.3, 0.4) is 0 Å². The van der Waals surface area contributed by atoms with E-state index >= 15 is 0 Å². The van der Waals surface area contributed by atoms with Crippen molar-refractivity contribution in [2.24, 2.45) is 11.8 Å². The molecule has 0 aromatic rings. The molecule has 0 N–H and O–H groups in total. The smallest absolute Gasteiger partial charge is 0.416 e. The largest absolute Gasteiger partial charge is 0.461 e. The number of esters is 1. The molecule has 2 rings (SSSR count). The molecule has 2 aliphatic rings. The van der Waals surface area contributed by atoms with Crippen molar-refractivity contribution in [2.45, 2.75) is 30.3 Å². The second-order valence-corrected chi connectivity index (χ2v) is 6.07. The lowest BCUT2D eigenvalue weighted by atomic mass is 10.1. The number of carbonyl (C=O) groups excluding carboxylic acids is 1. The molecular weight excluding hydrogens is 250 g/mol. The zero-order valence-electron chi connectivity index (χ0n) is 9.40. The Balaban J connectivity index is 2.09. The Morgan fingerprint density at radius 3 is 2.65 bits per heavy atom. The zero-order valence-corrected chi connectivity index (χ0v) is 10.2. The van der Waals surface area contributed by atoms with Gasteiger partial charge >= 0.3 is 11.2 Å². The van der Waals surface area contributed by atoms with Crippen molar-refractivity contribution in [2.75, 3.05) is 6.61 Å². The maximum Gasteiger partial charge on any atom is 0.416 e. The van der Waals surface area contributed by atoms with E-state index in [-0.39, 0.29) is 18.4 Å². The average molecular weight is 264 g/mol. The first kappa shape index (κ1) is 12.7. The summed E-state index contributed by atoms with van der Waals surface area (Å²) < 4.78 is 43.2. The van der Waals surface area contributed by atoms with Crippen LogP contribution in [0.1, 0.15) is 19.8 Å². The molecule has 2 aliphatic carbocycles. The molecule has 2 bridgehead atoms. The zero-order chi connectivity index (χ0) is 12.6. The van der Waals surface area contributed by atoms with Crippen molar-refractivity contribution < 1.29 is 22.5 Å². The number of rotatable bonds is 4. The first-order chi connectivity index (χ1) is 7.96. The van der Waals surface area contributed by atoms with Gasteiger partial charge in [-0.2, -0.15) is 8.78 Å². The van der Waals surface area contributed by atoms with Crippen molar-refractivity contribution in [3.8, 4) is 0 Å². The van der Waals surface area contributed by atoms with E-state index in [1.807, 2.05) is 12.2 Å². The third-order valence-electron chi connectivity index (χ3n) is 3.26. The molecule has 1 saturated carbocycles. The van der Waals surface area contributed by atoms with Crippen LogP contribution >= 0.6 is 0 Å². The molecule has 4 atom stereocenters. The molecule has 96 valence electrons. The third-order valence-corrected chi connectivity index (χ3v) is 5.02. The predicted molar refractivity (Wildman–Crippen MR) is 58.9 cm³/mol. The summed E-state index contributed by atoms with van der Waals surface area (Å²) in [5.74, 6) is -1.52. The summed E-state index contributed by atoms with van der Waals surface area (Å²) in [6.45, 7) is 1.30. The summed E-state index contributed by atoms with van der Waals surface area (Å²) in [7, 11) is -2.50. The van der Waals surface area contributed by atoms with Crippen molar-refractivity contribution in [3.05, 3.63) is 12.2 Å². The molecule has 17 heavy (non-hydrogen) atoms. The Kier molecular flexibility index (Phi) is 3.34. The van der Waals surface area contributed by atoms with Gasteiger partial charge in [-0.15, -0.1) is 0 Å². The van der Waals surface area contributed by atoms with Crippen molar-refractivity contribution >= 4 is 16.8 Å². The molecule has 6 heteroatoms. The van der Waals surface area contributed by atoms with Crippen molar-refractivity contribution in [3.63, 3.8) is 0 Å². The minimum Gasteiger partial charge on any atom is -0.461 e. The number of allylic oxidation sites excluding steroid dienone is 2. The van der Waals surface area contributed by atoms with E-state index in [4.69, 9.17) is 0 Å². The molecule has 0 radical (unpaired) electrons. The van der Waals surface area contributed by atoms with Crippen LogP contribution in [0.25, 0.3) is 0 Å². The van der Waals surface area contributed by atoms with Crippen LogP contribution in [-0.2, 0) is 20.3 Å². The molecule has 0 saturated heterocycles. The highest BCUT2D eigenvalue weighted by molar-refractivity contribution is 7.87. The lowest BCUT2D eigenvalue weighted by Crippen LogP contribution is -2.41. The summed E-state index contributed by atoms with van der Waals surface area (Å²) in [6, 6.07) is 0. The quantitative estimate of drug-likeness (QED) is 0.575. The second kappa shape index (κ2) is 4.48. The van der Waals surface area contributed by atoms with E-state index < -0.39 is 27.3 Å². The van der Waals surface area contributed by atoms with E-state index in [1.54, 1.807) is 0 Å². The topological polar surface area (TPSA) is 43.4 Å². The summed E-state index contributed by atoms with van der Waals surface area (Å²) in [4.78, 5) is 11.1. The SMILES string of the molecule is CCOC(=O)C(F)(F)S(=O)[C@H]1C[C@@H]2C=C[C@H]1C2. The standard InChI is InChI=1S/C11H14F2O3S/c1-2-16-10(14)11(12,13)17(15)9-6-7-3-4-8(9)5-7/h3-4,7-9H,2,5-6H2,1H3/t7-,8+,9+,17?/m1/s1. The Bertz CT molecular complexity index is 381. The highest BCUT2D eigenvalue weighted by Crippen LogP contribution is 2.44. The number of fused-ring (bicyclic) bond motifs is 2. The fraction of sp³-hybridized carbons (Fsp3) is 0.727. The molecule has 3 nitrogen and oxygen atoms in total. The third kappa shape index (κ3) is 2.14. The minimum absolute atomic E-state index is 0.0823. The van der Waals surface area contributed by atoms with Gasteiger partial charge in [-0.3, -0.25) is 4.21 Å². The number of hydrogen-bond acceptors (Lipinski definition) is 3. The van der Waals surface area contributed by atoms with E-state index in [2.05, 4.69) is 4.74 Å². The fourth-order valence-corrected chi connectivity index (χ4v) is 4.01. The predicted octanol–water partition coefficient (Wildman–Crippen LogP) is 1.86. The van der Waals surface area contributed by atoms with E-state index in [0.717, 1.165) is 6.42 Å². The van der Waals surface area contributed by atoms with Crippen LogP contribution in [0.4, 0.5) is 8.78 Å². The molecule has 1 unspecified atom stereocenters. The Morgan fingerprint density at radius 1 is 1.47 bits per heavy atom.